The lowest BCUT2D eigenvalue weighted by Gasteiger charge is -2.25. The number of rotatable bonds is 4. The molecule has 3 fully saturated rings. The standard InChI is InChI=1S/C16H26N2O2/c1-2-10-7-12-13(8-10)16(20)18(15(12)19)9-14(17)11-5-3-4-6-11/h10-14H,2-9,17H2,1H3. The zero-order chi connectivity index (χ0) is 14.3. The van der Waals surface area contributed by atoms with Crippen molar-refractivity contribution in [2.75, 3.05) is 6.54 Å². The molecular weight excluding hydrogens is 252 g/mol. The van der Waals surface area contributed by atoms with Crippen LogP contribution in [0.5, 0.6) is 0 Å². The number of nitrogens with zero attached hydrogens (tertiary/aromatic N) is 1. The Morgan fingerprint density at radius 3 is 2.20 bits per heavy atom. The Bertz CT molecular complexity index is 379. The van der Waals surface area contributed by atoms with Crippen molar-refractivity contribution < 1.29 is 9.59 Å². The van der Waals surface area contributed by atoms with Crippen LogP contribution in [0.2, 0.25) is 0 Å². The molecule has 2 amide bonds. The van der Waals surface area contributed by atoms with E-state index in [1.165, 1.54) is 17.7 Å². The summed E-state index contributed by atoms with van der Waals surface area (Å²) in [4.78, 5) is 26.4. The average molecular weight is 278 g/mol. The van der Waals surface area contributed by atoms with Crippen LogP contribution in [0.15, 0.2) is 0 Å². The van der Waals surface area contributed by atoms with Crippen LogP contribution in [0.1, 0.15) is 51.9 Å². The van der Waals surface area contributed by atoms with Crippen molar-refractivity contribution in [1.82, 2.24) is 4.90 Å². The van der Waals surface area contributed by atoms with E-state index in [-0.39, 0.29) is 29.7 Å². The van der Waals surface area contributed by atoms with Crippen molar-refractivity contribution in [1.29, 1.82) is 0 Å². The van der Waals surface area contributed by atoms with Crippen LogP contribution in [0.25, 0.3) is 0 Å². The Labute approximate surface area is 121 Å². The normalized spacial score (nSPS) is 35.9. The van der Waals surface area contributed by atoms with Crippen molar-refractivity contribution in [3.8, 4) is 0 Å². The molecule has 0 bridgehead atoms. The molecule has 20 heavy (non-hydrogen) atoms. The Morgan fingerprint density at radius 1 is 1.15 bits per heavy atom. The maximum Gasteiger partial charge on any atom is 0.233 e. The number of likely N-dealkylation sites (tertiary alicyclic amines) is 1. The van der Waals surface area contributed by atoms with Crippen LogP contribution in [0, 0.1) is 23.7 Å². The third-order valence-electron chi connectivity index (χ3n) is 5.80. The fraction of sp³-hybridized carbons (Fsp3) is 0.875. The second-order valence-corrected chi connectivity index (χ2v) is 6.95. The molecule has 2 saturated carbocycles. The number of carbonyl (C=O) groups is 2. The first-order valence-corrected chi connectivity index (χ1v) is 8.22. The van der Waals surface area contributed by atoms with Gasteiger partial charge in [-0.2, -0.15) is 0 Å². The molecule has 3 unspecified atom stereocenters. The van der Waals surface area contributed by atoms with Crippen LogP contribution < -0.4 is 5.73 Å². The van der Waals surface area contributed by atoms with Gasteiger partial charge in [0.05, 0.1) is 11.8 Å². The number of fused-ring (bicyclic) bond motifs is 1. The van der Waals surface area contributed by atoms with Crippen LogP contribution in [0.3, 0.4) is 0 Å². The van der Waals surface area contributed by atoms with Crippen LogP contribution in [0.4, 0.5) is 0 Å². The number of hydrogen-bond donors (Lipinski definition) is 1. The molecule has 112 valence electrons. The van der Waals surface area contributed by atoms with E-state index < -0.39 is 0 Å². The highest BCUT2D eigenvalue weighted by atomic mass is 16.2. The van der Waals surface area contributed by atoms with Gasteiger partial charge in [-0.3, -0.25) is 14.5 Å². The second kappa shape index (κ2) is 5.47. The Hall–Kier alpha value is -0.900. The maximum atomic E-state index is 12.5. The molecule has 2 aliphatic carbocycles. The van der Waals surface area contributed by atoms with Gasteiger partial charge in [0, 0.05) is 12.6 Å². The molecular formula is C16H26N2O2. The molecule has 0 aromatic heterocycles. The van der Waals surface area contributed by atoms with E-state index in [1.807, 2.05) is 0 Å². The highest BCUT2D eigenvalue weighted by Gasteiger charge is 2.52. The fourth-order valence-electron chi connectivity index (χ4n) is 4.46. The summed E-state index contributed by atoms with van der Waals surface area (Å²) in [7, 11) is 0. The quantitative estimate of drug-likeness (QED) is 0.799. The lowest BCUT2D eigenvalue weighted by atomic mass is 9.98. The van der Waals surface area contributed by atoms with Gasteiger partial charge in [-0.05, 0) is 37.5 Å². The van der Waals surface area contributed by atoms with Gasteiger partial charge in [0.1, 0.15) is 0 Å². The van der Waals surface area contributed by atoms with E-state index in [4.69, 9.17) is 5.73 Å². The summed E-state index contributed by atoms with van der Waals surface area (Å²) in [5, 5.41) is 0. The SMILES string of the molecule is CCC1CC2C(=O)N(CC(N)C3CCCC3)C(=O)C2C1. The molecule has 1 heterocycles. The monoisotopic (exact) mass is 278 g/mol. The van der Waals surface area contributed by atoms with Gasteiger partial charge in [0.25, 0.3) is 0 Å². The van der Waals surface area contributed by atoms with Crippen molar-refractivity contribution in [2.24, 2.45) is 29.4 Å². The van der Waals surface area contributed by atoms with Crippen molar-refractivity contribution in [3.63, 3.8) is 0 Å². The average Bonchev–Trinajstić information content (AvgIpc) is 3.14. The maximum absolute atomic E-state index is 12.5. The summed E-state index contributed by atoms with van der Waals surface area (Å²) in [6.45, 7) is 2.60. The van der Waals surface area contributed by atoms with Crippen molar-refractivity contribution in [2.45, 2.75) is 57.9 Å². The van der Waals surface area contributed by atoms with Gasteiger partial charge < -0.3 is 5.73 Å². The van der Waals surface area contributed by atoms with Crippen LogP contribution in [-0.4, -0.2) is 29.3 Å². The first kappa shape index (κ1) is 14.1. The number of nitrogens with two attached hydrogens (primary N) is 1. The third-order valence-corrected chi connectivity index (χ3v) is 5.80. The minimum absolute atomic E-state index is 0.0220. The van der Waals surface area contributed by atoms with Gasteiger partial charge in [0.2, 0.25) is 11.8 Å². The van der Waals surface area contributed by atoms with Gasteiger partial charge >= 0.3 is 0 Å². The van der Waals surface area contributed by atoms with E-state index in [2.05, 4.69) is 6.92 Å². The molecule has 0 spiro atoms. The molecule has 1 aliphatic heterocycles. The Morgan fingerprint density at radius 2 is 1.70 bits per heavy atom. The third kappa shape index (κ3) is 2.28. The fourth-order valence-corrected chi connectivity index (χ4v) is 4.46. The minimum Gasteiger partial charge on any atom is -0.326 e. The minimum atomic E-state index is -0.0387. The summed E-state index contributed by atoms with van der Waals surface area (Å²) in [6, 6.07) is -0.0220. The van der Waals surface area contributed by atoms with E-state index in [0.29, 0.717) is 18.4 Å². The first-order chi connectivity index (χ1) is 9.61. The lowest BCUT2D eigenvalue weighted by Crippen LogP contribution is -2.45. The summed E-state index contributed by atoms with van der Waals surface area (Å²) in [5.41, 5.74) is 6.24. The second-order valence-electron chi connectivity index (χ2n) is 6.95. The smallest absolute Gasteiger partial charge is 0.233 e. The first-order valence-electron chi connectivity index (χ1n) is 8.22. The van der Waals surface area contributed by atoms with E-state index in [0.717, 1.165) is 32.1 Å². The van der Waals surface area contributed by atoms with Gasteiger partial charge in [-0.1, -0.05) is 26.2 Å². The van der Waals surface area contributed by atoms with E-state index in [1.54, 1.807) is 0 Å². The van der Waals surface area contributed by atoms with Crippen LogP contribution >= 0.6 is 0 Å². The summed E-state index contributed by atoms with van der Waals surface area (Å²) in [6.07, 6.45) is 7.68. The summed E-state index contributed by atoms with van der Waals surface area (Å²) >= 11 is 0. The summed E-state index contributed by atoms with van der Waals surface area (Å²) in [5.74, 6) is 1.10. The van der Waals surface area contributed by atoms with Crippen molar-refractivity contribution >= 4 is 11.8 Å². The molecule has 0 aromatic carbocycles. The zero-order valence-electron chi connectivity index (χ0n) is 12.4. The molecule has 2 N–H and O–H groups in total. The number of hydrogen-bond acceptors (Lipinski definition) is 3. The van der Waals surface area contributed by atoms with Crippen molar-refractivity contribution in [3.05, 3.63) is 0 Å². The molecule has 3 rings (SSSR count). The topological polar surface area (TPSA) is 63.4 Å². The predicted octanol–water partition coefficient (Wildman–Crippen LogP) is 1.93. The number of carbonyl (C=O) groups excluding carboxylic acids is 2. The predicted molar refractivity (Wildman–Crippen MR) is 76.6 cm³/mol. The van der Waals surface area contributed by atoms with Crippen LogP contribution in [-0.2, 0) is 9.59 Å². The van der Waals surface area contributed by atoms with Gasteiger partial charge in [-0.15, -0.1) is 0 Å². The van der Waals surface area contributed by atoms with E-state index in [9.17, 15) is 9.59 Å². The Balaban J connectivity index is 1.64. The largest absolute Gasteiger partial charge is 0.326 e. The molecule has 3 aliphatic rings. The zero-order valence-corrected chi connectivity index (χ0v) is 12.4. The van der Waals surface area contributed by atoms with Gasteiger partial charge in [-0.25, -0.2) is 0 Å². The molecule has 4 nitrogen and oxygen atoms in total. The molecule has 0 radical (unpaired) electrons. The highest BCUT2D eigenvalue weighted by molar-refractivity contribution is 6.05. The van der Waals surface area contributed by atoms with Gasteiger partial charge in [0.15, 0.2) is 0 Å². The highest BCUT2D eigenvalue weighted by Crippen LogP contribution is 2.44. The number of amides is 2. The number of imide groups is 1. The van der Waals surface area contributed by atoms with E-state index >= 15 is 0 Å². The molecule has 1 saturated heterocycles. The molecule has 0 aromatic rings. The lowest BCUT2D eigenvalue weighted by molar-refractivity contribution is -0.141. The molecule has 3 atom stereocenters. The Kier molecular flexibility index (Phi) is 3.85. The summed E-state index contributed by atoms with van der Waals surface area (Å²) < 4.78 is 0. The molecule has 4 heteroatoms.